The molecule has 4 aromatic carbocycles. The zero-order valence-corrected chi connectivity index (χ0v) is 34.7. The Morgan fingerprint density at radius 2 is 1.14 bits per heavy atom. The number of aromatic nitrogens is 6. The van der Waals surface area contributed by atoms with Gasteiger partial charge in [-0.1, -0.05) is 53.9 Å². The first kappa shape index (κ1) is 39.1. The number of hydrogen-bond acceptors (Lipinski definition) is 8. The lowest BCUT2D eigenvalue weighted by Gasteiger charge is -2.07. The number of halogens is 6. The summed E-state index contributed by atoms with van der Waals surface area (Å²) < 4.78 is 80.7. The van der Waals surface area contributed by atoms with E-state index in [0.717, 1.165) is 53.6 Å². The zero-order chi connectivity index (χ0) is 40.8. The predicted molar refractivity (Wildman–Crippen MR) is 221 cm³/mol. The van der Waals surface area contributed by atoms with Crippen LogP contribution in [0.2, 0.25) is 0 Å². The van der Waals surface area contributed by atoms with Gasteiger partial charge < -0.3 is 17.9 Å². The van der Waals surface area contributed by atoms with Crippen molar-refractivity contribution in [2.75, 3.05) is 0 Å². The summed E-state index contributed by atoms with van der Waals surface area (Å²) in [6.07, 6.45) is 6.40. The van der Waals surface area contributed by atoms with Gasteiger partial charge in [0.05, 0.1) is 17.1 Å². The number of imidazole rings is 2. The van der Waals surface area contributed by atoms with Gasteiger partial charge in [0.15, 0.2) is 11.2 Å². The van der Waals surface area contributed by atoms with Gasteiger partial charge in [-0.3, -0.25) is 8.80 Å². The second-order valence-corrected chi connectivity index (χ2v) is 15.7. The minimum absolute atomic E-state index is 0.185. The number of benzene rings is 4. The van der Waals surface area contributed by atoms with E-state index in [4.69, 9.17) is 17.9 Å². The summed E-state index contributed by atoms with van der Waals surface area (Å²) in [5.41, 5.74) is 6.12. The fourth-order valence-electron chi connectivity index (χ4n) is 6.41. The van der Waals surface area contributed by atoms with E-state index in [0.29, 0.717) is 40.3 Å². The predicted octanol–water partition coefficient (Wildman–Crippen LogP) is 13.0. The highest BCUT2D eigenvalue weighted by Crippen LogP contribution is 2.37. The van der Waals surface area contributed by atoms with Crippen molar-refractivity contribution in [1.82, 2.24) is 29.1 Å². The summed E-state index contributed by atoms with van der Waals surface area (Å²) in [5.74, 6) is -1.28. The number of oxazole rings is 2. The molecule has 0 saturated heterocycles. The van der Waals surface area contributed by atoms with Crippen LogP contribution >= 0.6 is 38.5 Å². The summed E-state index contributed by atoms with van der Waals surface area (Å²) >= 11 is 5.47. The highest BCUT2D eigenvalue weighted by molar-refractivity contribution is 14.1. The summed E-state index contributed by atoms with van der Waals surface area (Å²) in [7, 11) is 0. The average Bonchev–Trinajstić information content (AvgIpc) is 4.03. The summed E-state index contributed by atoms with van der Waals surface area (Å²) in [6.45, 7) is 8.29. The molecule has 10 nitrogen and oxygen atoms in total. The molecule has 0 aliphatic rings. The molecule has 0 aliphatic heterocycles. The van der Waals surface area contributed by atoms with Crippen LogP contribution in [0.15, 0.2) is 120 Å². The van der Waals surface area contributed by atoms with Crippen molar-refractivity contribution in [2.24, 2.45) is 0 Å². The highest BCUT2D eigenvalue weighted by atomic mass is 127. The molecule has 6 aromatic heterocycles. The molecule has 0 amide bonds. The largest absolute Gasteiger partial charge is 0.432 e. The lowest BCUT2D eigenvalue weighted by Crippen LogP contribution is -1.92. The lowest BCUT2D eigenvalue weighted by atomic mass is 10.0. The summed E-state index contributed by atoms with van der Waals surface area (Å²) in [6, 6.07) is 18.4. The molecule has 0 unspecified atom stereocenters. The number of hydrogen-bond donors (Lipinski definition) is 0. The molecule has 0 aliphatic carbocycles. The quantitative estimate of drug-likeness (QED) is 0.124. The van der Waals surface area contributed by atoms with E-state index < -0.39 is 23.3 Å². The molecule has 16 heteroatoms. The van der Waals surface area contributed by atoms with Gasteiger partial charge in [0.2, 0.25) is 0 Å². The van der Waals surface area contributed by atoms with Crippen LogP contribution in [0.1, 0.15) is 50.9 Å². The molecule has 0 N–H and O–H groups in total. The lowest BCUT2D eigenvalue weighted by molar-refractivity contribution is 0.441. The van der Waals surface area contributed by atoms with Crippen LogP contribution in [-0.2, 0) is 0 Å². The van der Waals surface area contributed by atoms with Crippen molar-refractivity contribution >= 4 is 72.1 Å². The Hall–Kier alpha value is -5.75. The number of rotatable bonds is 5. The van der Waals surface area contributed by atoms with E-state index in [-0.39, 0.29) is 17.0 Å². The van der Waals surface area contributed by atoms with Crippen LogP contribution in [0.4, 0.5) is 17.6 Å². The van der Waals surface area contributed by atoms with Gasteiger partial charge >= 0.3 is 11.7 Å². The zero-order valence-electron chi connectivity index (χ0n) is 31.0. The van der Waals surface area contributed by atoms with Crippen molar-refractivity contribution in [1.29, 1.82) is 0 Å². The van der Waals surface area contributed by atoms with Crippen molar-refractivity contribution in [2.45, 2.75) is 39.5 Å². The fraction of sp³-hybridized carbons (Fsp3) is 0.143. The first-order chi connectivity index (χ1) is 27.9. The molecule has 0 atom stereocenters. The van der Waals surface area contributed by atoms with Gasteiger partial charge in [-0.15, -0.1) is 0 Å². The van der Waals surface area contributed by atoms with Crippen LogP contribution in [0, 0.1) is 27.0 Å². The van der Waals surface area contributed by atoms with Crippen LogP contribution in [0.5, 0.6) is 0 Å². The standard InChI is InChI=1S/C21H15F2N3O2.C11H5F2IN2O.C10H10BrNO/c1-11(2)18-15-9-12(3-6-17(15)28-25-18)20-19(24-21-26(20)7-8-27-21)14-5-4-13(22)10-16(14)23;12-6-1-2-7(8(13)5-6)9-10(14)16-3-4-17-11(16)15-9;1-6(2)10-8-5-7(11)3-4-9(8)13-12-10/h3-11H,1-2H3;1-5H;3-6H,1-2H3. The molecule has 0 radical (unpaired) electrons. The maximum atomic E-state index is 14.5. The Morgan fingerprint density at radius 1 is 0.621 bits per heavy atom. The molecule has 0 saturated carbocycles. The monoisotopic (exact) mass is 964 g/mol. The molecule has 10 aromatic rings. The van der Waals surface area contributed by atoms with Crippen LogP contribution in [0.3, 0.4) is 0 Å². The summed E-state index contributed by atoms with van der Waals surface area (Å²) in [5, 5.41) is 10.2. The molecule has 10 rings (SSSR count). The Balaban J connectivity index is 0.000000133. The molecule has 294 valence electrons. The van der Waals surface area contributed by atoms with Gasteiger partial charge in [0.1, 0.15) is 50.9 Å². The van der Waals surface area contributed by atoms with Gasteiger partial charge in [0, 0.05) is 56.5 Å². The van der Waals surface area contributed by atoms with Gasteiger partial charge in [-0.05, 0) is 95.1 Å². The molecule has 58 heavy (non-hydrogen) atoms. The molecular weight excluding hydrogens is 935 g/mol. The van der Waals surface area contributed by atoms with Gasteiger partial charge in [-0.2, -0.15) is 9.97 Å². The Labute approximate surface area is 348 Å². The maximum Gasteiger partial charge on any atom is 0.307 e. The van der Waals surface area contributed by atoms with Gasteiger partial charge in [-0.25, -0.2) is 17.6 Å². The van der Waals surface area contributed by atoms with Crippen molar-refractivity contribution < 1.29 is 35.4 Å². The average molecular weight is 966 g/mol. The Bertz CT molecular complexity index is 3090. The van der Waals surface area contributed by atoms with Crippen molar-refractivity contribution in [3.05, 3.63) is 141 Å². The normalized spacial score (nSPS) is 11.6. The van der Waals surface area contributed by atoms with E-state index in [1.54, 1.807) is 21.2 Å². The van der Waals surface area contributed by atoms with Crippen LogP contribution < -0.4 is 0 Å². The first-order valence-corrected chi connectivity index (χ1v) is 19.7. The maximum absolute atomic E-state index is 14.5. The van der Waals surface area contributed by atoms with E-state index in [9.17, 15) is 17.6 Å². The summed E-state index contributed by atoms with van der Waals surface area (Å²) in [4.78, 5) is 8.59. The third-order valence-electron chi connectivity index (χ3n) is 9.16. The molecular formula is C42H30BrF4IN6O4. The highest BCUT2D eigenvalue weighted by Gasteiger charge is 2.23. The third-order valence-corrected chi connectivity index (χ3v) is 10.7. The first-order valence-electron chi connectivity index (χ1n) is 17.8. The number of nitrogens with zero attached hydrogens (tertiary/aromatic N) is 6. The molecule has 6 heterocycles. The molecule has 0 bridgehead atoms. The Kier molecular flexibility index (Phi) is 10.7. The molecule has 0 spiro atoms. The molecule has 0 fully saturated rings. The second kappa shape index (κ2) is 15.9. The smallest absolute Gasteiger partial charge is 0.307 e. The topological polar surface area (TPSA) is 113 Å². The number of fused-ring (bicyclic) bond motifs is 4. The van der Waals surface area contributed by atoms with E-state index in [1.165, 1.54) is 36.8 Å². The van der Waals surface area contributed by atoms with Crippen LogP contribution in [-0.4, -0.2) is 29.1 Å². The third kappa shape index (κ3) is 7.41. The SMILES string of the molecule is CC(C)c1noc2ccc(-c3c(-c4ccc(F)cc4F)nc4occn34)cc12.CC(C)c1noc2ccc(Br)cc12.Fc1ccc(-c2nc3occn3c2I)c(F)c1. The minimum atomic E-state index is -0.684. The second-order valence-electron chi connectivity index (χ2n) is 13.7. The van der Waals surface area contributed by atoms with E-state index in [2.05, 4.69) is 50.1 Å². The van der Waals surface area contributed by atoms with Crippen molar-refractivity contribution in [3.8, 4) is 33.8 Å². The van der Waals surface area contributed by atoms with E-state index >= 15 is 0 Å². The fourth-order valence-corrected chi connectivity index (χ4v) is 7.55. The minimum Gasteiger partial charge on any atom is -0.432 e. The van der Waals surface area contributed by atoms with E-state index in [1.807, 2.05) is 72.8 Å². The Morgan fingerprint density at radius 3 is 1.71 bits per heavy atom. The van der Waals surface area contributed by atoms with Crippen molar-refractivity contribution in [3.63, 3.8) is 0 Å². The van der Waals surface area contributed by atoms with Crippen LogP contribution in [0.25, 0.3) is 67.4 Å². The van der Waals surface area contributed by atoms with Gasteiger partial charge in [0.25, 0.3) is 0 Å².